The molecule has 7 heteroatoms. The molecule has 5 rings (SSSR count). The second kappa shape index (κ2) is 8.41. The van der Waals surface area contributed by atoms with Crippen LogP contribution in [0.15, 0.2) is 77.7 Å². The molecule has 0 unspecified atom stereocenters. The number of nitrogens with one attached hydrogen (secondary N) is 1. The fourth-order valence-electron chi connectivity index (χ4n) is 4.34. The molecule has 3 aromatic carbocycles. The van der Waals surface area contributed by atoms with Gasteiger partial charge in [0.15, 0.2) is 0 Å². The summed E-state index contributed by atoms with van der Waals surface area (Å²) in [7, 11) is -3.63. The zero-order chi connectivity index (χ0) is 22.1. The monoisotopic (exact) mass is 448 g/mol. The minimum Gasteiger partial charge on any atom is -0.493 e. The lowest BCUT2D eigenvalue weighted by Gasteiger charge is -2.28. The maximum Gasteiger partial charge on any atom is 0.251 e. The number of para-hydroxylation sites is 1. The van der Waals surface area contributed by atoms with E-state index in [4.69, 9.17) is 4.74 Å². The van der Waals surface area contributed by atoms with Crippen LogP contribution in [0, 0.1) is 0 Å². The van der Waals surface area contributed by atoms with Gasteiger partial charge in [-0.3, -0.25) is 4.79 Å². The van der Waals surface area contributed by atoms with E-state index in [0.29, 0.717) is 38.1 Å². The normalized spacial score (nSPS) is 18.2. The smallest absolute Gasteiger partial charge is 0.251 e. The van der Waals surface area contributed by atoms with E-state index in [9.17, 15) is 13.2 Å². The second-order valence-electron chi connectivity index (χ2n) is 8.08. The first-order valence-electron chi connectivity index (χ1n) is 10.7. The van der Waals surface area contributed by atoms with Gasteiger partial charge in [-0.25, -0.2) is 8.42 Å². The fourth-order valence-corrected chi connectivity index (χ4v) is 5.75. The molecular weight excluding hydrogens is 424 g/mol. The molecule has 0 bridgehead atoms. The Kier molecular flexibility index (Phi) is 5.45. The molecule has 0 aromatic heterocycles. The summed E-state index contributed by atoms with van der Waals surface area (Å²) in [6.07, 6.45) is 1.38. The summed E-state index contributed by atoms with van der Waals surface area (Å²) in [4.78, 5) is 13.0. The van der Waals surface area contributed by atoms with Crippen molar-refractivity contribution in [2.45, 2.75) is 30.3 Å². The number of sulfonamides is 1. The number of rotatable bonds is 4. The van der Waals surface area contributed by atoms with Crippen LogP contribution in [-0.2, 0) is 23.0 Å². The molecule has 32 heavy (non-hydrogen) atoms. The zero-order valence-electron chi connectivity index (χ0n) is 17.5. The topological polar surface area (TPSA) is 75.7 Å². The Hall–Kier alpha value is -3.16. The van der Waals surface area contributed by atoms with E-state index >= 15 is 0 Å². The average Bonchev–Trinajstić information content (AvgIpc) is 2.84. The van der Waals surface area contributed by atoms with Crippen LogP contribution in [0.1, 0.15) is 39.5 Å². The largest absolute Gasteiger partial charge is 0.493 e. The molecule has 0 radical (unpaired) electrons. The van der Waals surface area contributed by atoms with E-state index in [2.05, 4.69) is 5.32 Å². The standard InChI is InChI=1S/C25H24N2O4S/c28-25(26-23-14-16-31-24-8-4-3-7-22(23)24)19-9-11-21(12-10-19)32(29,30)27-15-13-18-5-1-2-6-20(18)17-27/h1-12,23H,13-17H2,(H,26,28)/t23-/m0/s1. The van der Waals surface area contributed by atoms with Crippen LogP contribution >= 0.6 is 0 Å². The third kappa shape index (κ3) is 3.89. The van der Waals surface area contributed by atoms with E-state index in [-0.39, 0.29) is 16.8 Å². The van der Waals surface area contributed by atoms with Gasteiger partial charge in [-0.05, 0) is 47.9 Å². The Morgan fingerprint density at radius 3 is 2.47 bits per heavy atom. The van der Waals surface area contributed by atoms with Crippen LogP contribution in [0.25, 0.3) is 0 Å². The number of carbonyl (C=O) groups is 1. The molecule has 2 aliphatic heterocycles. The van der Waals surface area contributed by atoms with Gasteiger partial charge in [0.25, 0.3) is 5.91 Å². The minimum atomic E-state index is -3.63. The highest BCUT2D eigenvalue weighted by atomic mass is 32.2. The van der Waals surface area contributed by atoms with Crippen molar-refractivity contribution in [1.29, 1.82) is 0 Å². The molecule has 164 valence electrons. The molecule has 1 atom stereocenters. The lowest BCUT2D eigenvalue weighted by atomic mass is 10.00. The summed E-state index contributed by atoms with van der Waals surface area (Å²) in [5.74, 6) is 0.552. The molecule has 0 saturated carbocycles. The Morgan fingerprint density at radius 2 is 1.66 bits per heavy atom. The number of fused-ring (bicyclic) bond motifs is 2. The summed E-state index contributed by atoms with van der Waals surface area (Å²) in [6, 6.07) is 21.6. The van der Waals surface area contributed by atoms with Gasteiger partial charge in [-0.15, -0.1) is 0 Å². The predicted octanol–water partition coefficient (Wildman–Crippen LogP) is 3.69. The Labute approximate surface area is 187 Å². The van der Waals surface area contributed by atoms with E-state index in [1.54, 1.807) is 12.1 Å². The van der Waals surface area contributed by atoms with Crippen molar-refractivity contribution < 1.29 is 17.9 Å². The first-order valence-corrected chi connectivity index (χ1v) is 12.2. The van der Waals surface area contributed by atoms with Crippen molar-refractivity contribution >= 4 is 15.9 Å². The molecule has 1 N–H and O–H groups in total. The molecule has 6 nitrogen and oxygen atoms in total. The molecule has 2 aliphatic rings. The third-order valence-corrected chi connectivity index (χ3v) is 7.97. The van der Waals surface area contributed by atoms with Gasteiger partial charge in [0.1, 0.15) is 5.75 Å². The number of ether oxygens (including phenoxy) is 1. The quantitative estimate of drug-likeness (QED) is 0.661. The molecular formula is C25H24N2O4S. The maximum absolute atomic E-state index is 13.1. The van der Waals surface area contributed by atoms with Gasteiger partial charge >= 0.3 is 0 Å². The Morgan fingerprint density at radius 1 is 0.938 bits per heavy atom. The van der Waals surface area contributed by atoms with Crippen LogP contribution in [0.3, 0.4) is 0 Å². The van der Waals surface area contributed by atoms with Crippen LogP contribution < -0.4 is 10.1 Å². The summed E-state index contributed by atoms with van der Waals surface area (Å²) < 4.78 is 33.4. The van der Waals surface area contributed by atoms with Crippen LogP contribution in [-0.4, -0.2) is 31.8 Å². The maximum atomic E-state index is 13.1. The van der Waals surface area contributed by atoms with Gasteiger partial charge in [0.05, 0.1) is 17.5 Å². The number of amides is 1. The highest BCUT2D eigenvalue weighted by Crippen LogP contribution is 2.32. The van der Waals surface area contributed by atoms with Gasteiger partial charge in [-0.1, -0.05) is 42.5 Å². The highest BCUT2D eigenvalue weighted by molar-refractivity contribution is 7.89. The van der Waals surface area contributed by atoms with Crippen molar-refractivity contribution in [3.8, 4) is 5.75 Å². The van der Waals surface area contributed by atoms with Crippen molar-refractivity contribution in [3.05, 3.63) is 95.1 Å². The number of carbonyl (C=O) groups excluding carboxylic acids is 1. The SMILES string of the molecule is O=C(N[C@H]1CCOc2ccccc21)c1ccc(S(=O)(=O)N2CCc3ccccc3C2)cc1. The van der Waals surface area contributed by atoms with E-state index in [0.717, 1.165) is 16.9 Å². The minimum absolute atomic E-state index is 0.135. The van der Waals surface area contributed by atoms with Crippen molar-refractivity contribution in [3.63, 3.8) is 0 Å². The van der Waals surface area contributed by atoms with Crippen LogP contribution in [0.4, 0.5) is 0 Å². The number of benzene rings is 3. The predicted molar refractivity (Wildman–Crippen MR) is 121 cm³/mol. The third-order valence-electron chi connectivity index (χ3n) is 6.11. The average molecular weight is 449 g/mol. The number of hydrogen-bond acceptors (Lipinski definition) is 4. The summed E-state index contributed by atoms with van der Waals surface area (Å²) in [5.41, 5.74) is 3.62. The van der Waals surface area contributed by atoms with E-state index in [1.807, 2.05) is 48.5 Å². The van der Waals surface area contributed by atoms with Crippen LogP contribution in [0.2, 0.25) is 0 Å². The van der Waals surface area contributed by atoms with Crippen molar-refractivity contribution in [2.24, 2.45) is 0 Å². The molecule has 0 saturated heterocycles. The summed E-state index contributed by atoms with van der Waals surface area (Å²) in [5, 5.41) is 3.05. The van der Waals surface area contributed by atoms with Gasteiger partial charge in [0.2, 0.25) is 10.0 Å². The van der Waals surface area contributed by atoms with Crippen molar-refractivity contribution in [2.75, 3.05) is 13.2 Å². The molecule has 0 aliphatic carbocycles. The Balaban J connectivity index is 1.31. The van der Waals surface area contributed by atoms with E-state index in [1.165, 1.54) is 22.0 Å². The highest BCUT2D eigenvalue weighted by Gasteiger charge is 2.28. The lowest BCUT2D eigenvalue weighted by molar-refractivity contribution is 0.0924. The van der Waals surface area contributed by atoms with Crippen LogP contribution in [0.5, 0.6) is 5.75 Å². The second-order valence-corrected chi connectivity index (χ2v) is 10.0. The van der Waals surface area contributed by atoms with Gasteiger partial charge in [0, 0.05) is 30.6 Å². The van der Waals surface area contributed by atoms with Gasteiger partial charge in [-0.2, -0.15) is 4.31 Å². The molecule has 0 fully saturated rings. The molecule has 0 spiro atoms. The first-order chi connectivity index (χ1) is 15.5. The zero-order valence-corrected chi connectivity index (χ0v) is 18.3. The lowest BCUT2D eigenvalue weighted by Crippen LogP contribution is -2.36. The molecule has 1 amide bonds. The Bertz CT molecular complexity index is 1250. The molecule has 2 heterocycles. The summed E-state index contributed by atoms with van der Waals surface area (Å²) in [6.45, 7) is 1.35. The van der Waals surface area contributed by atoms with Crippen molar-refractivity contribution in [1.82, 2.24) is 9.62 Å². The van der Waals surface area contributed by atoms with Gasteiger partial charge < -0.3 is 10.1 Å². The number of nitrogens with zero attached hydrogens (tertiary/aromatic N) is 1. The summed E-state index contributed by atoms with van der Waals surface area (Å²) >= 11 is 0. The number of hydrogen-bond donors (Lipinski definition) is 1. The molecule has 3 aromatic rings. The fraction of sp³-hybridized carbons (Fsp3) is 0.240. The first kappa shape index (κ1) is 20.7. The van der Waals surface area contributed by atoms with E-state index < -0.39 is 10.0 Å².